The smallest absolute Gasteiger partial charge is 0.312 e. The fourth-order valence-corrected chi connectivity index (χ4v) is 10.6. The Morgan fingerprint density at radius 3 is 2.17 bits per heavy atom. The van der Waals surface area contributed by atoms with Crippen LogP contribution < -0.4 is 0 Å². The van der Waals surface area contributed by atoms with Gasteiger partial charge in [-0.1, -0.05) is 39.3 Å². The second-order valence-electron chi connectivity index (χ2n) is 15.0. The van der Waals surface area contributed by atoms with Gasteiger partial charge in [-0.25, -0.2) is 0 Å². The second-order valence-corrected chi connectivity index (χ2v) is 15.0. The first-order chi connectivity index (χ1) is 18.4. The number of fused-ring (bicyclic) bond motifs is 5. The highest BCUT2D eigenvalue weighted by Gasteiger charge is 2.71. The molecule has 4 aliphatic carbocycles. The molecule has 0 amide bonds. The predicted octanol–water partition coefficient (Wildman–Crippen LogP) is 5.87. The maximum Gasteiger partial charge on any atom is 0.312 e. The van der Waals surface area contributed by atoms with Crippen LogP contribution in [-0.4, -0.2) is 49.9 Å². The fourth-order valence-electron chi connectivity index (χ4n) is 10.6. The Labute approximate surface area is 240 Å². The summed E-state index contributed by atoms with van der Waals surface area (Å²) in [6.45, 7) is 14.7. The zero-order valence-corrected chi connectivity index (χ0v) is 26.4. The van der Waals surface area contributed by atoms with E-state index in [2.05, 4.69) is 33.8 Å². The average molecular weight is 561 g/mol. The first-order valence-corrected chi connectivity index (χ1v) is 15.1. The Hall–Kier alpha value is -1.89. The van der Waals surface area contributed by atoms with Gasteiger partial charge in [-0.05, 0) is 99.7 Å². The summed E-state index contributed by atoms with van der Waals surface area (Å²) in [6.07, 6.45) is 7.83. The molecule has 0 aliphatic heterocycles. The summed E-state index contributed by atoms with van der Waals surface area (Å²) in [6, 6.07) is 0. The number of methoxy groups -OCH3 is 3. The topological polar surface area (TPSA) is 99.1 Å². The molecule has 0 unspecified atom stereocenters. The molecule has 4 aliphatic rings. The van der Waals surface area contributed by atoms with Crippen LogP contribution in [0.15, 0.2) is 11.6 Å². The number of rotatable bonds is 5. The molecule has 3 saturated carbocycles. The van der Waals surface area contributed by atoms with Crippen LogP contribution in [-0.2, 0) is 28.6 Å². The Morgan fingerprint density at radius 1 is 0.950 bits per heavy atom. The van der Waals surface area contributed by atoms with Crippen LogP contribution in [0.2, 0.25) is 0 Å². The molecule has 9 atom stereocenters. The third kappa shape index (κ3) is 3.95. The summed E-state index contributed by atoms with van der Waals surface area (Å²) in [5.41, 5.74) is -2.42. The zero-order chi connectivity index (χ0) is 30.1. The van der Waals surface area contributed by atoms with E-state index in [0.29, 0.717) is 19.3 Å². The Bertz CT molecular complexity index is 1090. The van der Waals surface area contributed by atoms with E-state index < -0.39 is 21.8 Å². The van der Waals surface area contributed by atoms with Crippen LogP contribution in [0.25, 0.3) is 0 Å². The molecule has 0 aromatic carbocycles. The minimum absolute atomic E-state index is 0.0465. The fraction of sp³-hybridized carbons (Fsp3) is 0.848. The Morgan fingerprint density at radius 2 is 1.60 bits per heavy atom. The largest absolute Gasteiger partial charge is 0.469 e. The second kappa shape index (κ2) is 9.84. The van der Waals surface area contributed by atoms with Crippen molar-refractivity contribution in [1.82, 2.24) is 0 Å². The first-order valence-electron chi connectivity index (χ1n) is 15.1. The quantitative estimate of drug-likeness (QED) is 0.255. The maximum atomic E-state index is 13.5. The Kier molecular flexibility index (Phi) is 7.64. The van der Waals surface area contributed by atoms with Crippen molar-refractivity contribution in [2.24, 2.45) is 50.7 Å². The number of hydrogen-bond donors (Lipinski definition) is 1. The van der Waals surface area contributed by atoms with Gasteiger partial charge >= 0.3 is 17.9 Å². The van der Waals surface area contributed by atoms with Gasteiger partial charge in [-0.3, -0.25) is 14.4 Å². The summed E-state index contributed by atoms with van der Waals surface area (Å²) in [5, 5.41) is 12.1. The van der Waals surface area contributed by atoms with Crippen molar-refractivity contribution in [2.45, 2.75) is 105 Å². The molecule has 0 spiro atoms. The van der Waals surface area contributed by atoms with Gasteiger partial charge in [0.2, 0.25) is 0 Å². The molecule has 7 nitrogen and oxygen atoms in total. The molecule has 226 valence electrons. The molecule has 7 heteroatoms. The number of carbonyl (C=O) groups excluding carboxylic acids is 3. The van der Waals surface area contributed by atoms with E-state index in [1.807, 2.05) is 20.8 Å². The van der Waals surface area contributed by atoms with Crippen molar-refractivity contribution in [3.05, 3.63) is 11.6 Å². The third-order valence-electron chi connectivity index (χ3n) is 13.3. The van der Waals surface area contributed by atoms with Crippen LogP contribution in [0.1, 0.15) is 99.8 Å². The number of hydrogen-bond acceptors (Lipinski definition) is 7. The van der Waals surface area contributed by atoms with Gasteiger partial charge in [0.05, 0.1) is 44.2 Å². The molecule has 0 aromatic rings. The first kappa shape index (κ1) is 31.1. The normalized spacial score (nSPS) is 44.7. The number of allylic oxidation sites excluding steroid dienone is 1. The monoisotopic (exact) mass is 560 g/mol. The number of ether oxygens (including phenoxy) is 3. The molecule has 0 bridgehead atoms. The van der Waals surface area contributed by atoms with E-state index in [1.54, 1.807) is 0 Å². The van der Waals surface area contributed by atoms with Crippen LogP contribution >= 0.6 is 0 Å². The predicted molar refractivity (Wildman–Crippen MR) is 152 cm³/mol. The lowest BCUT2D eigenvalue weighted by Gasteiger charge is -2.70. The summed E-state index contributed by atoms with van der Waals surface area (Å²) < 4.78 is 15.9. The zero-order valence-electron chi connectivity index (χ0n) is 26.4. The number of aliphatic hydroxyl groups is 1. The van der Waals surface area contributed by atoms with Crippen LogP contribution in [0.3, 0.4) is 0 Å². The van der Waals surface area contributed by atoms with E-state index >= 15 is 0 Å². The average Bonchev–Trinajstić information content (AvgIpc) is 2.89. The van der Waals surface area contributed by atoms with Gasteiger partial charge in [0.15, 0.2) is 0 Å². The maximum absolute atomic E-state index is 13.5. The standard InChI is InChI=1S/C33H52O7/c1-20-13-16-33(27(36)40-10)18-17-30(5)21(25(33)32(20,7)37)11-12-23-29(4,19-24(34)38-8)22(14-15-31(23,30)6)28(2,3)26(35)39-9/h11,20,22-23,25,37H,12-19H2,1-10H3/t20-,22-,23+,25-,29+,30-,31-,32-,33+/m1/s1. The van der Waals surface area contributed by atoms with E-state index in [-0.39, 0.29) is 58.8 Å². The van der Waals surface area contributed by atoms with E-state index in [4.69, 9.17) is 14.2 Å². The molecular weight excluding hydrogens is 508 g/mol. The van der Waals surface area contributed by atoms with Crippen molar-refractivity contribution < 1.29 is 33.7 Å². The van der Waals surface area contributed by atoms with Crippen molar-refractivity contribution in [3.8, 4) is 0 Å². The number of carbonyl (C=O) groups is 3. The highest BCUT2D eigenvalue weighted by Crippen LogP contribution is 2.75. The molecule has 4 rings (SSSR count). The SMILES string of the molecule is COC(=O)C[C@@]1(C)[C@@H](C(C)(C)C(=O)OC)CC[C@]2(C)[C@H]1CC=C1[C@H]3[C@](C(=O)OC)(CC[C@@H](C)[C@@]3(C)O)CC[C@]12C. The third-order valence-corrected chi connectivity index (χ3v) is 13.3. The Balaban J connectivity index is 1.90. The van der Waals surface area contributed by atoms with Crippen molar-refractivity contribution in [1.29, 1.82) is 0 Å². The van der Waals surface area contributed by atoms with Gasteiger partial charge in [-0.2, -0.15) is 0 Å². The van der Waals surface area contributed by atoms with Gasteiger partial charge in [0, 0.05) is 5.92 Å². The van der Waals surface area contributed by atoms with E-state index in [0.717, 1.165) is 25.7 Å². The molecular formula is C33H52O7. The van der Waals surface area contributed by atoms with Crippen LogP contribution in [0.4, 0.5) is 0 Å². The molecule has 40 heavy (non-hydrogen) atoms. The highest BCUT2D eigenvalue weighted by atomic mass is 16.5. The van der Waals surface area contributed by atoms with Gasteiger partial charge < -0.3 is 19.3 Å². The van der Waals surface area contributed by atoms with E-state index in [1.165, 1.54) is 26.9 Å². The summed E-state index contributed by atoms with van der Waals surface area (Å²) in [7, 11) is 4.32. The van der Waals surface area contributed by atoms with E-state index in [9.17, 15) is 19.5 Å². The van der Waals surface area contributed by atoms with Crippen molar-refractivity contribution in [3.63, 3.8) is 0 Å². The van der Waals surface area contributed by atoms with Gasteiger partial charge in [0.1, 0.15) is 0 Å². The molecule has 0 heterocycles. The van der Waals surface area contributed by atoms with Crippen molar-refractivity contribution in [2.75, 3.05) is 21.3 Å². The minimum Gasteiger partial charge on any atom is -0.469 e. The lowest BCUT2D eigenvalue weighted by atomic mass is 9.34. The van der Waals surface area contributed by atoms with Crippen LogP contribution in [0, 0.1) is 50.7 Å². The molecule has 0 radical (unpaired) electrons. The lowest BCUT2D eigenvalue weighted by molar-refractivity contribution is -0.208. The number of esters is 3. The summed E-state index contributed by atoms with van der Waals surface area (Å²) in [4.78, 5) is 39.5. The summed E-state index contributed by atoms with van der Waals surface area (Å²) in [5.74, 6) is -1.02. The minimum atomic E-state index is -1.05. The molecule has 0 aromatic heterocycles. The van der Waals surface area contributed by atoms with Crippen molar-refractivity contribution >= 4 is 17.9 Å². The van der Waals surface area contributed by atoms with Gasteiger partial charge in [0.25, 0.3) is 0 Å². The lowest BCUT2D eigenvalue weighted by Crippen LogP contribution is -2.67. The highest BCUT2D eigenvalue weighted by molar-refractivity contribution is 5.79. The van der Waals surface area contributed by atoms with Crippen LogP contribution in [0.5, 0.6) is 0 Å². The molecule has 0 saturated heterocycles. The van der Waals surface area contributed by atoms with Gasteiger partial charge in [-0.15, -0.1) is 0 Å². The molecule has 3 fully saturated rings. The summed E-state index contributed by atoms with van der Waals surface area (Å²) >= 11 is 0. The molecule has 1 N–H and O–H groups in total.